The van der Waals surface area contributed by atoms with Crippen molar-refractivity contribution in [2.24, 2.45) is 0 Å². The Hall–Kier alpha value is -9.19. The zero-order chi connectivity index (χ0) is 49.9. The van der Waals surface area contributed by atoms with Crippen LogP contribution in [0.2, 0.25) is 0 Å². The Labute approximate surface area is 447 Å². The molecule has 4 aliphatic carbocycles. The lowest BCUT2D eigenvalue weighted by Crippen LogP contribution is -2.49. The lowest BCUT2D eigenvalue weighted by molar-refractivity contribution is 0.363. The smallest absolute Gasteiger partial charge is 0.207 e. The minimum Gasteiger partial charge on any atom is -0.207 e. The summed E-state index contributed by atoms with van der Waals surface area (Å²) in [6.07, 6.45) is 0. The zero-order valence-corrected chi connectivity index (χ0v) is 43.4. The Morgan fingerprint density at radius 3 is 0.827 bits per heavy atom. The van der Waals surface area contributed by atoms with Crippen LogP contribution in [0.5, 0.6) is 0 Å². The van der Waals surface area contributed by atoms with Gasteiger partial charge in [0.2, 0.25) is 10.0 Å². The summed E-state index contributed by atoms with van der Waals surface area (Å²) in [7, 11) is -4.13. The van der Waals surface area contributed by atoms with Crippen molar-refractivity contribution in [1.29, 1.82) is 0 Å². The van der Waals surface area contributed by atoms with E-state index in [0.29, 0.717) is 4.90 Å². The molecule has 0 radical (unpaired) electrons. The van der Waals surface area contributed by atoms with Crippen molar-refractivity contribution in [1.82, 2.24) is 4.72 Å². The van der Waals surface area contributed by atoms with Gasteiger partial charge in [-0.25, -0.2) is 13.1 Å². The van der Waals surface area contributed by atoms with Gasteiger partial charge in [-0.15, -0.1) is 0 Å². The van der Waals surface area contributed by atoms with Crippen molar-refractivity contribution in [2.45, 2.75) is 48.5 Å². The van der Waals surface area contributed by atoms with E-state index >= 15 is 8.42 Å². The Kier molecular flexibility index (Phi) is 3.30. The molecule has 352 valence electrons. The fraction of sp³-hybridized carbons (Fsp3) is 0.0909. The van der Waals surface area contributed by atoms with E-state index in [9.17, 15) is 0 Å². The second kappa shape index (κ2) is 7.99. The molecule has 4 aliphatic rings. The van der Waals surface area contributed by atoms with Crippen molar-refractivity contribution in [3.8, 4) is 0 Å². The third kappa shape index (κ3) is 2.08. The van der Waals surface area contributed by atoms with Crippen LogP contribution in [-0.4, -0.2) is 8.42 Å². The van der Waals surface area contributed by atoms with Gasteiger partial charge in [0.25, 0.3) is 0 Å². The highest BCUT2D eigenvalue weighted by molar-refractivity contribution is 7.89. The standard InChI is InChI=1S/C77H21NO2S/c1-76(2,3)14-11-9-13(10-12-14)75(78-81(79,80)15-7-5-4-6-8-15)77-72-68-62-48-40-32-20-17-16-18-21(20)33-35-31-25(18)27-23-19(16)22-26-24(17)30-34(32)46(48)54-52-38(30)36(26)44-42-28(22)29(23)43-45-37(27)39(31)53-55-47(35)49(41(33)40)63(62)69(72)65(55)67-59(53)57(45)61-51(43)50(42)60-56(44)58(52)66(64(54)68)73(77)70(60)71(61)74(67)77/h4-12,72,75,78H,1-3H3. The molecule has 0 spiro atoms. The molecule has 30 aromatic rings. The summed E-state index contributed by atoms with van der Waals surface area (Å²) in [5, 5.41) is 83.6. The summed E-state index contributed by atoms with van der Waals surface area (Å²) >= 11 is 0. The molecule has 30 aromatic carbocycles. The van der Waals surface area contributed by atoms with Crippen molar-refractivity contribution in [3.05, 3.63) is 88.0 Å². The van der Waals surface area contributed by atoms with Gasteiger partial charge in [0.1, 0.15) is 0 Å². The third-order valence-corrected chi connectivity index (χ3v) is 28.5. The van der Waals surface area contributed by atoms with Gasteiger partial charge in [0, 0.05) is 5.92 Å². The van der Waals surface area contributed by atoms with Crippen molar-refractivity contribution >= 4 is 301 Å². The van der Waals surface area contributed by atoms with Crippen LogP contribution in [-0.2, 0) is 20.9 Å². The SMILES string of the molecule is CC(C)(C)c1ccc(C(NS(=O)(=O)c2ccccc2)C23c4c5c6c7c8c9c(c%10c%11c2c2c4c4c%12c5c5c6c6c8c8c%13c9c9c%10c%10c%11c%11c2c2c4c4c%12c%12c5c5c6c8c6c8c%13c9c9c%10c%10c%11c2c2c4c4c%12c5c6c5c8c9c%10c2c45)C73)cc1. The highest BCUT2D eigenvalue weighted by Crippen LogP contribution is 2.84. The molecule has 81 heavy (non-hydrogen) atoms. The molecule has 0 heterocycles. The first-order valence-corrected chi connectivity index (χ1v) is 31.2. The lowest BCUT2D eigenvalue weighted by atomic mass is 9.53. The molecule has 1 N–H and O–H groups in total. The molecule has 4 heteroatoms. The fourth-order valence-electron chi connectivity index (χ4n) is 26.1. The van der Waals surface area contributed by atoms with Crippen LogP contribution >= 0.6 is 0 Å². The van der Waals surface area contributed by atoms with E-state index in [2.05, 4.69) is 49.8 Å². The Morgan fingerprint density at radius 1 is 0.321 bits per heavy atom. The number of benzene rings is 20. The first-order valence-electron chi connectivity index (χ1n) is 29.7. The largest absolute Gasteiger partial charge is 0.241 e. The number of nitrogens with one attached hydrogen (secondary N) is 1. The van der Waals surface area contributed by atoms with Crippen molar-refractivity contribution in [3.63, 3.8) is 0 Å². The van der Waals surface area contributed by atoms with Crippen LogP contribution in [0.1, 0.15) is 66.1 Å². The topological polar surface area (TPSA) is 46.2 Å². The van der Waals surface area contributed by atoms with Gasteiger partial charge in [-0.2, -0.15) is 0 Å². The molecule has 0 bridgehead atoms. The highest BCUT2D eigenvalue weighted by Gasteiger charge is 2.66. The average Bonchev–Trinajstić information content (AvgIpc) is 1.41. The van der Waals surface area contributed by atoms with Gasteiger partial charge >= 0.3 is 0 Å². The maximum atomic E-state index is 16.2. The Bertz CT molecular complexity index is 7880. The predicted molar refractivity (Wildman–Crippen MR) is 340 cm³/mol. The van der Waals surface area contributed by atoms with Crippen LogP contribution in [0.3, 0.4) is 0 Å². The Morgan fingerprint density at radius 2 is 0.556 bits per heavy atom. The van der Waals surface area contributed by atoms with E-state index in [-0.39, 0.29) is 11.3 Å². The van der Waals surface area contributed by atoms with Crippen LogP contribution in [0.25, 0.3) is 291 Å². The first-order chi connectivity index (χ1) is 39.8. The van der Waals surface area contributed by atoms with Crippen molar-refractivity contribution in [2.75, 3.05) is 0 Å². The molecule has 0 saturated carbocycles. The normalized spacial score (nSPS) is 20.3. The van der Waals surface area contributed by atoms with Crippen LogP contribution in [0.4, 0.5) is 0 Å². The summed E-state index contributed by atoms with van der Waals surface area (Å²) in [4.78, 5) is 0.325. The molecule has 0 aromatic heterocycles. The molecule has 0 saturated heterocycles. The molecular formula is C77H21NO2S. The summed E-state index contributed by atoms with van der Waals surface area (Å²) in [6.45, 7) is 6.91. The second-order valence-corrected chi connectivity index (χ2v) is 31.1. The van der Waals surface area contributed by atoms with E-state index < -0.39 is 21.5 Å². The zero-order valence-electron chi connectivity index (χ0n) is 42.6. The molecule has 1 atom stereocenters. The van der Waals surface area contributed by atoms with Gasteiger partial charge in [-0.1, -0.05) is 63.2 Å². The number of rotatable bonds is 5. The van der Waals surface area contributed by atoms with Crippen LogP contribution < -0.4 is 4.72 Å². The molecular weight excluding hydrogens is 1000 g/mol. The average molecular weight is 1020 g/mol. The van der Waals surface area contributed by atoms with Gasteiger partial charge in [0.05, 0.1) is 16.4 Å². The monoisotopic (exact) mass is 1020 g/mol. The minimum atomic E-state index is -4.13. The molecule has 1 unspecified atom stereocenters. The van der Waals surface area contributed by atoms with Gasteiger partial charge in [-0.05, 0) is 342 Å². The molecule has 0 aliphatic heterocycles. The fourth-order valence-corrected chi connectivity index (χ4v) is 27.4. The van der Waals surface area contributed by atoms with Gasteiger partial charge in [0.15, 0.2) is 0 Å². The summed E-state index contributed by atoms with van der Waals surface area (Å²) < 4.78 is 36.2. The van der Waals surface area contributed by atoms with E-state index in [1.807, 2.05) is 30.3 Å². The summed E-state index contributed by atoms with van der Waals surface area (Å²) in [5.74, 6) is -0.131. The maximum Gasteiger partial charge on any atom is 0.241 e. The predicted octanol–water partition coefficient (Wildman–Crippen LogP) is 20.2. The highest BCUT2D eigenvalue weighted by atomic mass is 32.2. The van der Waals surface area contributed by atoms with E-state index in [1.54, 1.807) is 172 Å². The maximum absolute atomic E-state index is 16.2. The number of sulfonamides is 1. The molecule has 0 fully saturated rings. The number of hydrogen-bond acceptors (Lipinski definition) is 2. The molecule has 0 amide bonds. The van der Waals surface area contributed by atoms with E-state index in [1.165, 1.54) is 146 Å². The number of hydrogen-bond donors (Lipinski definition) is 1. The lowest BCUT2D eigenvalue weighted by Gasteiger charge is -2.50. The van der Waals surface area contributed by atoms with E-state index in [0.717, 1.165) is 5.56 Å². The quantitative estimate of drug-likeness (QED) is 0.175. The van der Waals surface area contributed by atoms with Crippen molar-refractivity contribution < 1.29 is 8.42 Å². The Balaban J connectivity index is 1.02. The molecule has 3 nitrogen and oxygen atoms in total. The third-order valence-electron chi connectivity index (χ3n) is 27.1. The van der Waals surface area contributed by atoms with Gasteiger partial charge < -0.3 is 0 Å². The minimum absolute atomic E-state index is 0.0868. The summed E-state index contributed by atoms with van der Waals surface area (Å²) in [5.41, 5.74) is 7.33. The molecule has 34 rings (SSSR count). The first kappa shape index (κ1) is 33.4. The summed E-state index contributed by atoms with van der Waals surface area (Å²) in [6, 6.07) is 18.1. The van der Waals surface area contributed by atoms with E-state index in [4.69, 9.17) is 0 Å². The van der Waals surface area contributed by atoms with Crippen LogP contribution in [0, 0.1) is 0 Å². The van der Waals surface area contributed by atoms with Gasteiger partial charge in [-0.3, -0.25) is 0 Å². The van der Waals surface area contributed by atoms with Crippen LogP contribution in [0.15, 0.2) is 59.5 Å². The second-order valence-electron chi connectivity index (χ2n) is 29.4.